The molecule has 0 aliphatic rings. The molecule has 132 valence electrons. The second-order valence-electron chi connectivity index (χ2n) is 5.56. The number of halogens is 2. The predicted octanol–water partition coefficient (Wildman–Crippen LogP) is 3.58. The van der Waals surface area contributed by atoms with E-state index in [1.807, 2.05) is 0 Å². The zero-order valence-electron chi connectivity index (χ0n) is 14.0. The summed E-state index contributed by atoms with van der Waals surface area (Å²) in [7, 11) is 0. The molecule has 0 heterocycles. The molecule has 0 atom stereocenters. The van der Waals surface area contributed by atoms with Crippen LogP contribution in [0.1, 0.15) is 33.3 Å². The number of esters is 2. The van der Waals surface area contributed by atoms with Crippen LogP contribution in [0.25, 0.3) is 0 Å². The molecule has 0 aromatic heterocycles. The van der Waals surface area contributed by atoms with Gasteiger partial charge in [-0.1, -0.05) is 29.3 Å². The van der Waals surface area contributed by atoms with Crippen LogP contribution in [0.2, 0.25) is 10.0 Å². The third-order valence-corrected chi connectivity index (χ3v) is 4.30. The van der Waals surface area contributed by atoms with Gasteiger partial charge in [0.15, 0.2) is 5.78 Å². The number of carbonyl (C=O) groups is 3. The first kappa shape index (κ1) is 20.5. The van der Waals surface area contributed by atoms with Crippen molar-refractivity contribution in [3.8, 4) is 0 Å². The summed E-state index contributed by atoms with van der Waals surface area (Å²) in [4.78, 5) is 37.1. The van der Waals surface area contributed by atoms with Crippen LogP contribution in [0.4, 0.5) is 0 Å². The van der Waals surface area contributed by atoms with Gasteiger partial charge in [-0.15, -0.1) is 0 Å². The van der Waals surface area contributed by atoms with E-state index in [4.69, 9.17) is 32.7 Å². The Kier molecular flexibility index (Phi) is 7.24. The van der Waals surface area contributed by atoms with Crippen molar-refractivity contribution in [3.63, 3.8) is 0 Å². The zero-order chi connectivity index (χ0) is 18.5. The van der Waals surface area contributed by atoms with Gasteiger partial charge in [-0.05, 0) is 45.4 Å². The van der Waals surface area contributed by atoms with Gasteiger partial charge in [0.1, 0.15) is 0 Å². The second-order valence-corrected chi connectivity index (χ2v) is 6.37. The van der Waals surface area contributed by atoms with Gasteiger partial charge in [-0.25, -0.2) is 0 Å². The average Bonchev–Trinajstić information content (AvgIpc) is 2.50. The van der Waals surface area contributed by atoms with Crippen molar-refractivity contribution < 1.29 is 23.9 Å². The Hall–Kier alpha value is -1.59. The van der Waals surface area contributed by atoms with E-state index in [-0.39, 0.29) is 18.2 Å². The van der Waals surface area contributed by atoms with E-state index in [2.05, 4.69) is 0 Å². The van der Waals surface area contributed by atoms with Gasteiger partial charge in [-0.3, -0.25) is 14.4 Å². The number of Topliss-reactive ketones (excluding diaryl/α,β-unsaturated/α-hetero) is 1. The first-order chi connectivity index (χ1) is 11.2. The Bertz CT molecular complexity index is 622. The fourth-order valence-electron chi connectivity index (χ4n) is 2.15. The molecule has 0 fully saturated rings. The molecule has 0 N–H and O–H groups in total. The fraction of sp³-hybridized carbons (Fsp3) is 0.471. The Morgan fingerprint density at radius 2 is 1.50 bits per heavy atom. The average molecular weight is 375 g/mol. The van der Waals surface area contributed by atoms with Crippen molar-refractivity contribution in [2.45, 2.75) is 33.1 Å². The molecular weight excluding hydrogens is 355 g/mol. The van der Waals surface area contributed by atoms with Crippen molar-refractivity contribution in [1.29, 1.82) is 0 Å². The Balaban J connectivity index is 3.25. The lowest BCUT2D eigenvalue weighted by atomic mass is 9.75. The highest BCUT2D eigenvalue weighted by Crippen LogP contribution is 2.33. The normalized spacial score (nSPS) is 11.3. The summed E-state index contributed by atoms with van der Waals surface area (Å²) in [5.74, 6) is -4.12. The van der Waals surface area contributed by atoms with Crippen LogP contribution in [-0.2, 0) is 29.3 Å². The molecular formula is C17H20Cl2O5. The van der Waals surface area contributed by atoms with Crippen LogP contribution in [0.5, 0.6) is 0 Å². The molecule has 1 aromatic rings. The molecule has 0 unspecified atom stereocenters. The summed E-state index contributed by atoms with van der Waals surface area (Å²) >= 11 is 11.9. The minimum atomic E-state index is -1.64. The quantitative estimate of drug-likeness (QED) is 0.538. The lowest BCUT2D eigenvalue weighted by Crippen LogP contribution is -2.44. The minimum absolute atomic E-state index is 0.0508. The van der Waals surface area contributed by atoms with Crippen LogP contribution in [-0.4, -0.2) is 30.9 Å². The van der Waals surface area contributed by atoms with Crippen molar-refractivity contribution in [2.75, 3.05) is 13.2 Å². The number of carbonyl (C=O) groups excluding carboxylic acids is 3. The molecule has 24 heavy (non-hydrogen) atoms. The number of ketones is 1. The maximum atomic E-state index is 12.9. The molecule has 0 spiro atoms. The predicted molar refractivity (Wildman–Crippen MR) is 91.3 cm³/mol. The largest absolute Gasteiger partial charge is 0.465 e. The van der Waals surface area contributed by atoms with Crippen molar-refractivity contribution in [2.24, 2.45) is 5.92 Å². The lowest BCUT2D eigenvalue weighted by molar-refractivity contribution is -0.165. The number of rotatable bonds is 7. The minimum Gasteiger partial charge on any atom is -0.465 e. The number of hydrogen-bond acceptors (Lipinski definition) is 5. The summed E-state index contributed by atoms with van der Waals surface area (Å²) < 4.78 is 9.72. The van der Waals surface area contributed by atoms with E-state index < -0.39 is 29.1 Å². The molecule has 0 aliphatic heterocycles. The lowest BCUT2D eigenvalue weighted by Gasteiger charge is -2.27. The standard InChI is InChI=1S/C17H20Cl2O5/c1-5-23-15(21)13(16(22)24-6-2)14(20)17(3,4)10-7-8-11(18)12(19)9-10/h7-9,13H,5-6H2,1-4H3. The highest BCUT2D eigenvalue weighted by Gasteiger charge is 2.45. The van der Waals surface area contributed by atoms with Crippen molar-refractivity contribution >= 4 is 40.9 Å². The van der Waals surface area contributed by atoms with Gasteiger partial charge in [-0.2, -0.15) is 0 Å². The summed E-state index contributed by atoms with van der Waals surface area (Å²) in [6, 6.07) is 4.71. The molecule has 1 aromatic carbocycles. The molecule has 0 aliphatic carbocycles. The summed E-state index contributed by atoms with van der Waals surface area (Å²) in [6.07, 6.45) is 0. The van der Waals surface area contributed by atoms with Crippen LogP contribution in [0, 0.1) is 5.92 Å². The highest BCUT2D eigenvalue weighted by molar-refractivity contribution is 6.42. The number of benzene rings is 1. The van der Waals surface area contributed by atoms with E-state index in [0.29, 0.717) is 10.6 Å². The smallest absolute Gasteiger partial charge is 0.328 e. The van der Waals surface area contributed by atoms with Gasteiger partial charge in [0.05, 0.1) is 23.3 Å². The SMILES string of the molecule is CCOC(=O)C(C(=O)OCC)C(=O)C(C)(C)c1ccc(Cl)c(Cl)c1. The zero-order valence-corrected chi connectivity index (χ0v) is 15.5. The van der Waals surface area contributed by atoms with Crippen LogP contribution < -0.4 is 0 Å². The monoisotopic (exact) mass is 374 g/mol. The van der Waals surface area contributed by atoms with Gasteiger partial charge < -0.3 is 9.47 Å². The molecule has 0 saturated carbocycles. The Morgan fingerprint density at radius 3 is 1.92 bits per heavy atom. The third kappa shape index (κ3) is 4.48. The summed E-state index contributed by atoms with van der Waals surface area (Å²) in [5, 5.41) is 0.620. The Labute approximate surface area is 151 Å². The maximum Gasteiger partial charge on any atom is 0.328 e. The van der Waals surface area contributed by atoms with E-state index >= 15 is 0 Å². The molecule has 0 amide bonds. The summed E-state index contributed by atoms with van der Waals surface area (Å²) in [6.45, 7) is 6.48. The van der Waals surface area contributed by atoms with Gasteiger partial charge in [0, 0.05) is 5.41 Å². The van der Waals surface area contributed by atoms with E-state index in [9.17, 15) is 14.4 Å². The van der Waals surface area contributed by atoms with Crippen LogP contribution in [0.15, 0.2) is 18.2 Å². The first-order valence-electron chi connectivity index (χ1n) is 7.49. The molecule has 0 radical (unpaired) electrons. The molecule has 7 heteroatoms. The highest BCUT2D eigenvalue weighted by atomic mass is 35.5. The third-order valence-electron chi connectivity index (χ3n) is 3.56. The fourth-order valence-corrected chi connectivity index (χ4v) is 2.45. The van der Waals surface area contributed by atoms with Crippen LogP contribution >= 0.6 is 23.2 Å². The second kappa shape index (κ2) is 8.49. The van der Waals surface area contributed by atoms with E-state index in [1.165, 1.54) is 6.07 Å². The number of hydrogen-bond donors (Lipinski definition) is 0. The summed E-state index contributed by atoms with van der Waals surface area (Å²) in [5.41, 5.74) is -0.640. The maximum absolute atomic E-state index is 12.9. The van der Waals surface area contributed by atoms with Gasteiger partial charge in [0.2, 0.25) is 5.92 Å². The first-order valence-corrected chi connectivity index (χ1v) is 8.25. The van der Waals surface area contributed by atoms with Crippen molar-refractivity contribution in [1.82, 2.24) is 0 Å². The molecule has 5 nitrogen and oxygen atoms in total. The topological polar surface area (TPSA) is 69.7 Å². The van der Waals surface area contributed by atoms with E-state index in [1.54, 1.807) is 39.8 Å². The van der Waals surface area contributed by atoms with Crippen molar-refractivity contribution in [3.05, 3.63) is 33.8 Å². The molecule has 0 bridgehead atoms. The van der Waals surface area contributed by atoms with Gasteiger partial charge >= 0.3 is 11.9 Å². The number of ether oxygens (including phenoxy) is 2. The molecule has 1 rings (SSSR count). The van der Waals surface area contributed by atoms with E-state index in [0.717, 1.165) is 0 Å². The Morgan fingerprint density at radius 1 is 1.00 bits per heavy atom. The van der Waals surface area contributed by atoms with Gasteiger partial charge in [0.25, 0.3) is 0 Å². The van der Waals surface area contributed by atoms with Crippen LogP contribution in [0.3, 0.4) is 0 Å². The molecule has 0 saturated heterocycles.